The fourth-order valence-corrected chi connectivity index (χ4v) is 4.98. The van der Waals surface area contributed by atoms with E-state index < -0.39 is 10.0 Å². The van der Waals surface area contributed by atoms with Crippen LogP contribution in [0.2, 0.25) is 0 Å². The lowest BCUT2D eigenvalue weighted by atomic mass is 10.0. The first-order valence-electron chi connectivity index (χ1n) is 6.90. The highest BCUT2D eigenvalue weighted by atomic mass is 32.2. The molecule has 5 heteroatoms. The minimum absolute atomic E-state index is 0.173. The zero-order valence-corrected chi connectivity index (χ0v) is 11.8. The monoisotopic (exact) mass is 280 g/mol. The molecule has 2 aliphatic rings. The molecule has 1 aromatic carbocycles. The van der Waals surface area contributed by atoms with Gasteiger partial charge in [-0.15, -0.1) is 0 Å². The standard InChI is InChI=1S/C14H20N2O2S/c17-19(18)14-7-9-16(8-6-13(14)10-15-19)11-12-4-2-1-3-5-12/h1-5,13-15H,6-11H2/t13-,14-/m0/s1. The summed E-state index contributed by atoms with van der Waals surface area (Å²) in [5, 5.41) is -0.173. The average molecular weight is 280 g/mol. The van der Waals surface area contributed by atoms with Gasteiger partial charge >= 0.3 is 0 Å². The maximum absolute atomic E-state index is 11.9. The highest BCUT2D eigenvalue weighted by Gasteiger charge is 2.41. The number of fused-ring (bicyclic) bond motifs is 1. The molecule has 19 heavy (non-hydrogen) atoms. The molecule has 0 bridgehead atoms. The molecule has 0 aliphatic carbocycles. The van der Waals surface area contributed by atoms with Crippen molar-refractivity contribution in [2.45, 2.75) is 24.6 Å². The predicted molar refractivity (Wildman–Crippen MR) is 75.2 cm³/mol. The second-order valence-electron chi connectivity index (χ2n) is 5.53. The molecule has 2 aliphatic heterocycles. The Morgan fingerprint density at radius 2 is 1.89 bits per heavy atom. The molecule has 1 N–H and O–H groups in total. The van der Waals surface area contributed by atoms with Crippen LogP contribution in [-0.4, -0.2) is 38.2 Å². The first kappa shape index (κ1) is 13.1. The molecule has 1 aromatic rings. The van der Waals surface area contributed by atoms with E-state index in [-0.39, 0.29) is 5.25 Å². The normalized spacial score (nSPS) is 30.7. The molecule has 3 rings (SSSR count). The molecule has 0 aromatic heterocycles. The van der Waals surface area contributed by atoms with Gasteiger partial charge in [0.1, 0.15) is 0 Å². The fourth-order valence-electron chi connectivity index (χ4n) is 3.16. The third kappa shape index (κ3) is 2.83. The Morgan fingerprint density at radius 1 is 1.16 bits per heavy atom. The van der Waals surface area contributed by atoms with Crippen molar-refractivity contribution in [2.24, 2.45) is 5.92 Å². The summed E-state index contributed by atoms with van der Waals surface area (Å²) in [5.41, 5.74) is 1.30. The first-order chi connectivity index (χ1) is 9.15. The van der Waals surface area contributed by atoms with Crippen LogP contribution in [0.3, 0.4) is 0 Å². The van der Waals surface area contributed by atoms with Crippen molar-refractivity contribution in [1.82, 2.24) is 9.62 Å². The van der Waals surface area contributed by atoms with Crippen molar-refractivity contribution in [3.63, 3.8) is 0 Å². The van der Waals surface area contributed by atoms with Gasteiger partial charge in [0.05, 0.1) is 5.25 Å². The Kier molecular flexibility index (Phi) is 3.60. The average Bonchev–Trinajstić information content (AvgIpc) is 2.58. The number of nitrogens with one attached hydrogen (secondary N) is 1. The lowest BCUT2D eigenvalue weighted by molar-refractivity contribution is 0.272. The summed E-state index contributed by atoms with van der Waals surface area (Å²) in [6.07, 6.45) is 1.73. The van der Waals surface area contributed by atoms with E-state index in [2.05, 4.69) is 33.9 Å². The van der Waals surface area contributed by atoms with Crippen molar-refractivity contribution < 1.29 is 8.42 Å². The quantitative estimate of drug-likeness (QED) is 0.885. The number of benzene rings is 1. The zero-order chi connectivity index (χ0) is 13.3. The van der Waals surface area contributed by atoms with Gasteiger partial charge in [-0.1, -0.05) is 30.3 Å². The molecule has 0 unspecified atom stereocenters. The molecular formula is C14H20N2O2S. The van der Waals surface area contributed by atoms with Gasteiger partial charge in [-0.25, -0.2) is 13.1 Å². The van der Waals surface area contributed by atoms with Crippen molar-refractivity contribution in [3.8, 4) is 0 Å². The molecule has 0 saturated carbocycles. The number of sulfonamides is 1. The Hall–Kier alpha value is -0.910. The van der Waals surface area contributed by atoms with Crippen LogP contribution in [0, 0.1) is 5.92 Å². The van der Waals surface area contributed by atoms with Crippen molar-refractivity contribution in [3.05, 3.63) is 35.9 Å². The van der Waals surface area contributed by atoms with Gasteiger partial charge in [-0.05, 0) is 37.4 Å². The van der Waals surface area contributed by atoms with Crippen LogP contribution in [0.25, 0.3) is 0 Å². The number of hydrogen-bond acceptors (Lipinski definition) is 3. The van der Waals surface area contributed by atoms with E-state index in [9.17, 15) is 8.42 Å². The second-order valence-corrected chi connectivity index (χ2v) is 7.52. The maximum Gasteiger partial charge on any atom is 0.214 e. The van der Waals surface area contributed by atoms with E-state index in [0.29, 0.717) is 12.5 Å². The van der Waals surface area contributed by atoms with Gasteiger partial charge in [-0.2, -0.15) is 0 Å². The van der Waals surface area contributed by atoms with E-state index in [1.807, 2.05) is 6.07 Å². The fraction of sp³-hybridized carbons (Fsp3) is 0.571. The van der Waals surface area contributed by atoms with Gasteiger partial charge in [0.25, 0.3) is 0 Å². The summed E-state index contributed by atoms with van der Waals surface area (Å²) in [7, 11) is -3.04. The molecule has 2 fully saturated rings. The summed E-state index contributed by atoms with van der Waals surface area (Å²) in [6, 6.07) is 10.4. The minimum atomic E-state index is -3.04. The van der Waals surface area contributed by atoms with Crippen molar-refractivity contribution in [1.29, 1.82) is 0 Å². The SMILES string of the molecule is O=S1(=O)NC[C@@H]2CCN(Cc3ccccc3)CC[C@@H]21. The molecule has 2 heterocycles. The van der Waals surface area contributed by atoms with E-state index in [4.69, 9.17) is 0 Å². The topological polar surface area (TPSA) is 49.4 Å². The molecular weight excluding hydrogens is 260 g/mol. The summed E-state index contributed by atoms with van der Waals surface area (Å²) < 4.78 is 26.5. The van der Waals surface area contributed by atoms with Crippen LogP contribution >= 0.6 is 0 Å². The second kappa shape index (κ2) is 5.23. The number of likely N-dealkylation sites (tertiary alicyclic amines) is 1. The number of hydrogen-bond donors (Lipinski definition) is 1. The van der Waals surface area contributed by atoms with Gasteiger partial charge in [0.2, 0.25) is 10.0 Å². The Labute approximate surface area is 114 Å². The molecule has 4 nitrogen and oxygen atoms in total. The summed E-state index contributed by atoms with van der Waals surface area (Å²) in [5.74, 6) is 0.297. The van der Waals surface area contributed by atoms with Crippen LogP contribution in [-0.2, 0) is 16.6 Å². The molecule has 0 amide bonds. The summed E-state index contributed by atoms with van der Waals surface area (Å²) >= 11 is 0. The summed E-state index contributed by atoms with van der Waals surface area (Å²) in [6.45, 7) is 3.42. The van der Waals surface area contributed by atoms with E-state index in [0.717, 1.165) is 32.5 Å². The first-order valence-corrected chi connectivity index (χ1v) is 8.44. The number of rotatable bonds is 2. The van der Waals surface area contributed by atoms with Gasteiger partial charge in [0, 0.05) is 13.1 Å². The third-order valence-corrected chi connectivity index (χ3v) is 6.25. The lowest BCUT2D eigenvalue weighted by Gasteiger charge is -2.20. The lowest BCUT2D eigenvalue weighted by Crippen LogP contribution is -2.28. The number of nitrogens with zero attached hydrogens (tertiary/aromatic N) is 1. The van der Waals surface area contributed by atoms with Crippen LogP contribution in [0.1, 0.15) is 18.4 Å². The van der Waals surface area contributed by atoms with E-state index >= 15 is 0 Å². The van der Waals surface area contributed by atoms with E-state index in [1.54, 1.807) is 0 Å². The predicted octanol–water partition coefficient (Wildman–Crippen LogP) is 1.20. The molecule has 0 spiro atoms. The van der Waals surface area contributed by atoms with Crippen molar-refractivity contribution in [2.75, 3.05) is 19.6 Å². The van der Waals surface area contributed by atoms with Crippen LogP contribution in [0.15, 0.2) is 30.3 Å². The van der Waals surface area contributed by atoms with E-state index in [1.165, 1.54) is 5.56 Å². The largest absolute Gasteiger partial charge is 0.299 e. The molecule has 104 valence electrons. The Balaban J connectivity index is 1.66. The highest BCUT2D eigenvalue weighted by molar-refractivity contribution is 7.90. The van der Waals surface area contributed by atoms with Crippen LogP contribution in [0.4, 0.5) is 0 Å². The van der Waals surface area contributed by atoms with Gasteiger partial charge in [-0.3, -0.25) is 4.90 Å². The smallest absolute Gasteiger partial charge is 0.214 e. The van der Waals surface area contributed by atoms with Gasteiger partial charge in [0.15, 0.2) is 0 Å². The summed E-state index contributed by atoms with van der Waals surface area (Å²) in [4.78, 5) is 2.38. The zero-order valence-electron chi connectivity index (χ0n) is 11.0. The molecule has 2 saturated heterocycles. The van der Waals surface area contributed by atoms with Crippen molar-refractivity contribution >= 4 is 10.0 Å². The van der Waals surface area contributed by atoms with Crippen LogP contribution in [0.5, 0.6) is 0 Å². The van der Waals surface area contributed by atoms with Gasteiger partial charge < -0.3 is 0 Å². The molecule has 2 atom stereocenters. The third-order valence-electron chi connectivity index (χ3n) is 4.27. The Morgan fingerprint density at radius 3 is 2.68 bits per heavy atom. The maximum atomic E-state index is 11.9. The Bertz CT molecular complexity index is 530. The highest BCUT2D eigenvalue weighted by Crippen LogP contribution is 2.28. The molecule has 0 radical (unpaired) electrons. The van der Waals surface area contributed by atoms with Crippen LogP contribution < -0.4 is 4.72 Å². The minimum Gasteiger partial charge on any atom is -0.299 e.